The lowest BCUT2D eigenvalue weighted by Gasteiger charge is -2.01. The summed E-state index contributed by atoms with van der Waals surface area (Å²) in [6.45, 7) is 5.47. The van der Waals surface area contributed by atoms with Gasteiger partial charge in [0.25, 0.3) is 5.91 Å². The van der Waals surface area contributed by atoms with Crippen LogP contribution >= 0.6 is 12.4 Å². The summed E-state index contributed by atoms with van der Waals surface area (Å²) in [5.74, 6) is 0.227. The van der Waals surface area contributed by atoms with Crippen LogP contribution in [0.3, 0.4) is 0 Å². The van der Waals surface area contributed by atoms with E-state index in [4.69, 9.17) is 0 Å². The molecule has 0 atom stereocenters. The van der Waals surface area contributed by atoms with E-state index >= 15 is 0 Å². The van der Waals surface area contributed by atoms with Crippen molar-refractivity contribution >= 4 is 18.3 Å². The number of nitrogens with zero attached hydrogens (tertiary/aromatic N) is 1. The average Bonchev–Trinajstić information content (AvgIpc) is 2.66. The maximum Gasteiger partial charge on any atom is 0.271 e. The lowest BCUT2D eigenvalue weighted by Crippen LogP contribution is -2.30. The highest BCUT2D eigenvalue weighted by Crippen LogP contribution is 2.11. The Bertz CT molecular complexity index is 324. The molecule has 0 unspecified atom stereocenters. The molecule has 1 aromatic rings. The number of halogens is 1. The van der Waals surface area contributed by atoms with Crippen molar-refractivity contribution in [3.05, 3.63) is 17.5 Å². The summed E-state index contributed by atoms with van der Waals surface area (Å²) in [6.07, 6.45) is 0. The summed E-state index contributed by atoms with van der Waals surface area (Å²) in [7, 11) is 1.84. The minimum Gasteiger partial charge on any atom is -0.349 e. The van der Waals surface area contributed by atoms with Crippen LogP contribution in [0.4, 0.5) is 0 Å². The van der Waals surface area contributed by atoms with Gasteiger partial charge < -0.3 is 10.6 Å². The zero-order chi connectivity index (χ0) is 11.3. The first-order chi connectivity index (χ1) is 7.15. The van der Waals surface area contributed by atoms with Gasteiger partial charge in [-0.3, -0.25) is 9.89 Å². The van der Waals surface area contributed by atoms with E-state index in [2.05, 4.69) is 34.7 Å². The van der Waals surface area contributed by atoms with Crippen molar-refractivity contribution < 1.29 is 4.79 Å². The fourth-order valence-electron chi connectivity index (χ4n) is 1.14. The van der Waals surface area contributed by atoms with Gasteiger partial charge in [-0.15, -0.1) is 12.4 Å². The smallest absolute Gasteiger partial charge is 0.271 e. The molecule has 1 rings (SSSR count). The van der Waals surface area contributed by atoms with Gasteiger partial charge in [0.05, 0.1) is 0 Å². The molecule has 0 radical (unpaired) electrons. The quantitative estimate of drug-likeness (QED) is 0.677. The predicted molar refractivity (Wildman–Crippen MR) is 66.2 cm³/mol. The van der Waals surface area contributed by atoms with E-state index in [1.165, 1.54) is 0 Å². The highest BCUT2D eigenvalue weighted by Gasteiger charge is 2.10. The Morgan fingerprint density at radius 1 is 1.50 bits per heavy atom. The van der Waals surface area contributed by atoms with Crippen molar-refractivity contribution in [2.24, 2.45) is 0 Å². The van der Waals surface area contributed by atoms with Gasteiger partial charge in [-0.1, -0.05) is 13.8 Å². The second-order valence-electron chi connectivity index (χ2n) is 3.72. The second kappa shape index (κ2) is 7.24. The molecule has 0 aliphatic rings. The number of H-pyrrole nitrogens is 1. The normalized spacial score (nSPS) is 10.0. The number of aromatic amines is 1. The first kappa shape index (κ1) is 14.9. The minimum absolute atomic E-state index is 0. The third-order valence-corrected chi connectivity index (χ3v) is 2.11. The summed E-state index contributed by atoms with van der Waals surface area (Å²) in [6, 6.07) is 1.79. The Labute approximate surface area is 102 Å². The molecule has 1 aromatic heterocycles. The molecule has 0 aliphatic heterocycles. The first-order valence-corrected chi connectivity index (χ1v) is 5.13. The van der Waals surface area contributed by atoms with Crippen LogP contribution in [0.5, 0.6) is 0 Å². The van der Waals surface area contributed by atoms with E-state index in [9.17, 15) is 4.79 Å². The molecule has 1 heterocycles. The third kappa shape index (κ3) is 4.20. The average molecular weight is 247 g/mol. The van der Waals surface area contributed by atoms with Crippen molar-refractivity contribution in [2.75, 3.05) is 20.1 Å². The summed E-state index contributed by atoms with van der Waals surface area (Å²) in [5.41, 5.74) is 1.43. The number of hydrogen-bond donors (Lipinski definition) is 3. The van der Waals surface area contributed by atoms with Crippen LogP contribution in [0.15, 0.2) is 6.07 Å². The largest absolute Gasteiger partial charge is 0.349 e. The number of rotatable bonds is 5. The Kier molecular flexibility index (Phi) is 6.76. The Hall–Kier alpha value is -1.07. The van der Waals surface area contributed by atoms with Gasteiger partial charge in [-0.2, -0.15) is 5.10 Å². The zero-order valence-electron chi connectivity index (χ0n) is 9.83. The molecule has 0 aromatic carbocycles. The van der Waals surface area contributed by atoms with Crippen LogP contribution in [-0.2, 0) is 0 Å². The number of amides is 1. The van der Waals surface area contributed by atoms with Gasteiger partial charge in [0, 0.05) is 18.8 Å². The third-order valence-electron chi connectivity index (χ3n) is 2.11. The SMILES string of the molecule is CNCCNC(=O)c1cc(C(C)C)[nH]n1.Cl. The molecule has 0 saturated heterocycles. The van der Waals surface area contributed by atoms with Gasteiger partial charge in [0.2, 0.25) is 0 Å². The van der Waals surface area contributed by atoms with E-state index in [1.54, 1.807) is 6.07 Å². The molecule has 16 heavy (non-hydrogen) atoms. The lowest BCUT2D eigenvalue weighted by molar-refractivity contribution is 0.0949. The molecule has 0 aliphatic carbocycles. The van der Waals surface area contributed by atoms with Crippen LogP contribution in [0.2, 0.25) is 0 Å². The van der Waals surface area contributed by atoms with Gasteiger partial charge in [-0.25, -0.2) is 0 Å². The second-order valence-corrected chi connectivity index (χ2v) is 3.72. The topological polar surface area (TPSA) is 69.8 Å². The number of hydrogen-bond acceptors (Lipinski definition) is 3. The molecule has 0 bridgehead atoms. The van der Waals surface area contributed by atoms with E-state index < -0.39 is 0 Å². The standard InChI is InChI=1S/C10H18N4O.ClH/c1-7(2)8-6-9(14-13-8)10(15)12-5-4-11-3;/h6-7,11H,4-5H2,1-3H3,(H,12,15)(H,13,14);1H. The molecule has 5 nitrogen and oxygen atoms in total. The molecule has 0 fully saturated rings. The van der Waals surface area contributed by atoms with Gasteiger partial charge in [0.15, 0.2) is 0 Å². The molecule has 6 heteroatoms. The molecule has 0 spiro atoms. The number of aromatic nitrogens is 2. The highest BCUT2D eigenvalue weighted by atomic mass is 35.5. The Balaban J connectivity index is 0.00000225. The summed E-state index contributed by atoms with van der Waals surface area (Å²) >= 11 is 0. The van der Waals surface area contributed by atoms with Crippen molar-refractivity contribution in [3.8, 4) is 0 Å². The van der Waals surface area contributed by atoms with E-state index in [1.807, 2.05) is 7.05 Å². The molecular formula is C10H19ClN4O. The summed E-state index contributed by atoms with van der Waals surface area (Å²) in [4.78, 5) is 11.5. The van der Waals surface area contributed by atoms with E-state index in [0.717, 1.165) is 12.2 Å². The monoisotopic (exact) mass is 246 g/mol. The lowest BCUT2D eigenvalue weighted by atomic mass is 10.1. The van der Waals surface area contributed by atoms with E-state index in [0.29, 0.717) is 18.2 Å². The molecule has 1 amide bonds. The van der Waals surface area contributed by atoms with Crippen molar-refractivity contribution in [1.82, 2.24) is 20.8 Å². The molecular weight excluding hydrogens is 228 g/mol. The van der Waals surface area contributed by atoms with Crippen molar-refractivity contribution in [3.63, 3.8) is 0 Å². The van der Waals surface area contributed by atoms with Crippen LogP contribution in [0.25, 0.3) is 0 Å². The van der Waals surface area contributed by atoms with Gasteiger partial charge >= 0.3 is 0 Å². The molecule has 92 valence electrons. The van der Waals surface area contributed by atoms with Crippen molar-refractivity contribution in [2.45, 2.75) is 19.8 Å². The summed E-state index contributed by atoms with van der Waals surface area (Å²) in [5, 5.41) is 12.5. The molecule has 3 N–H and O–H groups in total. The maximum atomic E-state index is 11.5. The number of carbonyl (C=O) groups excluding carboxylic acids is 1. The zero-order valence-corrected chi connectivity index (χ0v) is 10.6. The van der Waals surface area contributed by atoms with Crippen LogP contribution in [0.1, 0.15) is 35.9 Å². The van der Waals surface area contributed by atoms with E-state index in [-0.39, 0.29) is 18.3 Å². The summed E-state index contributed by atoms with van der Waals surface area (Å²) < 4.78 is 0. The fraction of sp³-hybridized carbons (Fsp3) is 0.600. The first-order valence-electron chi connectivity index (χ1n) is 5.13. The number of nitrogens with one attached hydrogen (secondary N) is 3. The maximum absolute atomic E-state index is 11.5. The van der Waals surface area contributed by atoms with Gasteiger partial charge in [0.1, 0.15) is 5.69 Å². The highest BCUT2D eigenvalue weighted by molar-refractivity contribution is 5.92. The fourth-order valence-corrected chi connectivity index (χ4v) is 1.14. The Morgan fingerprint density at radius 3 is 2.69 bits per heavy atom. The van der Waals surface area contributed by atoms with Crippen LogP contribution in [-0.4, -0.2) is 36.2 Å². The van der Waals surface area contributed by atoms with Crippen molar-refractivity contribution in [1.29, 1.82) is 0 Å². The number of carbonyl (C=O) groups is 1. The van der Waals surface area contributed by atoms with Gasteiger partial charge in [-0.05, 0) is 19.0 Å². The minimum atomic E-state index is -0.131. The number of likely N-dealkylation sites (N-methyl/N-ethyl adjacent to an activating group) is 1. The van der Waals surface area contributed by atoms with Crippen LogP contribution < -0.4 is 10.6 Å². The predicted octanol–water partition coefficient (Wildman–Crippen LogP) is 0.904. The van der Waals surface area contributed by atoms with Crippen LogP contribution in [0, 0.1) is 0 Å². The molecule has 0 saturated carbocycles. The Morgan fingerprint density at radius 2 is 2.19 bits per heavy atom.